The Balaban J connectivity index is 1.56. The van der Waals surface area contributed by atoms with Gasteiger partial charge in [-0.3, -0.25) is 4.79 Å². The van der Waals surface area contributed by atoms with Crippen LogP contribution < -0.4 is 14.5 Å². The standard InChI is InChI=1S/C33H38N2O6/c1-4-24-19-35-20-27(24)16-26(12-22-6-8-29(37)33(15-22)41-3)31(39)17-30(38)25(13-23-9-10-34-18-23)11-21-5-7-28(36)32(14-21)40-2/h5-10,14-15,18-20,25-26,30,36-38H,4,11-13,16-17H2,1-3H3. The van der Waals surface area contributed by atoms with Gasteiger partial charge in [0.2, 0.25) is 0 Å². The summed E-state index contributed by atoms with van der Waals surface area (Å²) in [7, 11) is 2.99. The molecular formula is C33H38N2O6. The van der Waals surface area contributed by atoms with Gasteiger partial charge in [-0.2, -0.15) is 12.4 Å². The lowest BCUT2D eigenvalue weighted by molar-refractivity contribution is -0.125. The molecule has 4 rings (SSSR count). The van der Waals surface area contributed by atoms with Crippen LogP contribution >= 0.6 is 0 Å². The van der Waals surface area contributed by atoms with Gasteiger partial charge in [0.25, 0.3) is 0 Å². The molecule has 0 spiro atoms. The Labute approximate surface area is 241 Å². The largest absolute Gasteiger partial charge is 0.670 e. The molecule has 0 saturated heterocycles. The number of hydrogen-bond donors (Lipinski definition) is 3. The Morgan fingerprint density at radius 2 is 1.56 bits per heavy atom. The first-order valence-electron chi connectivity index (χ1n) is 13.9. The first-order chi connectivity index (χ1) is 19.8. The van der Waals surface area contributed by atoms with Gasteiger partial charge in [0.05, 0.1) is 25.9 Å². The summed E-state index contributed by atoms with van der Waals surface area (Å²) in [5.41, 5.74) is 4.87. The number of phenols is 2. The van der Waals surface area contributed by atoms with Gasteiger partial charge in [-0.1, -0.05) is 30.7 Å². The molecule has 2 aromatic carbocycles. The molecule has 3 unspecified atom stereocenters. The van der Waals surface area contributed by atoms with Crippen molar-refractivity contribution < 1.29 is 29.6 Å². The van der Waals surface area contributed by atoms with Gasteiger partial charge < -0.3 is 29.8 Å². The molecule has 3 atom stereocenters. The first kappa shape index (κ1) is 29.8. The lowest BCUT2D eigenvalue weighted by Crippen LogP contribution is -2.30. The third-order valence-electron chi connectivity index (χ3n) is 7.71. The zero-order valence-corrected chi connectivity index (χ0v) is 23.8. The SMILES string of the molecule is CCC1=C(CC(Cc2ccc(O)c(OC)c2)C(=O)CC(O)C(Cc2cc[n-]c2)Cc2ccc(O)c(OC)c2)C=N[CH+]1. The zero-order chi connectivity index (χ0) is 29.4. The number of hydrogen-bond acceptors (Lipinski definition) is 7. The van der Waals surface area contributed by atoms with E-state index in [0.29, 0.717) is 37.2 Å². The quantitative estimate of drug-likeness (QED) is 0.225. The minimum atomic E-state index is -0.905. The molecule has 0 saturated carbocycles. The first-order valence-corrected chi connectivity index (χ1v) is 13.9. The van der Waals surface area contributed by atoms with Crippen LogP contribution in [0.2, 0.25) is 0 Å². The van der Waals surface area contributed by atoms with Gasteiger partial charge in [-0.25, -0.2) is 0 Å². The molecule has 3 N–H and O–H groups in total. The van der Waals surface area contributed by atoms with E-state index in [1.165, 1.54) is 14.2 Å². The number of ketones is 1. The number of carbonyl (C=O) groups excluding carboxylic acids is 1. The Kier molecular flexibility index (Phi) is 10.1. The molecule has 1 aromatic heterocycles. The molecule has 0 aliphatic carbocycles. The maximum atomic E-state index is 13.9. The molecule has 3 aromatic rings. The van der Waals surface area contributed by atoms with Crippen LogP contribution in [0.3, 0.4) is 0 Å². The number of aliphatic imine (C=N–C) groups is 1. The predicted octanol–water partition coefficient (Wildman–Crippen LogP) is 5.00. The molecule has 41 heavy (non-hydrogen) atoms. The lowest BCUT2D eigenvalue weighted by Gasteiger charge is -2.25. The fraction of sp³-hybridized carbons (Fsp3) is 0.364. The van der Waals surface area contributed by atoms with E-state index in [2.05, 4.69) is 16.9 Å². The third-order valence-corrected chi connectivity index (χ3v) is 7.71. The van der Waals surface area contributed by atoms with Gasteiger partial charge >= 0.3 is 0 Å². The summed E-state index contributed by atoms with van der Waals surface area (Å²) in [5, 5.41) is 31.6. The van der Waals surface area contributed by atoms with E-state index >= 15 is 0 Å². The van der Waals surface area contributed by atoms with Crippen molar-refractivity contribution in [2.24, 2.45) is 16.8 Å². The number of ether oxygens (including phenoxy) is 2. The van der Waals surface area contributed by atoms with Gasteiger partial charge in [0.1, 0.15) is 17.9 Å². The monoisotopic (exact) mass is 558 g/mol. The summed E-state index contributed by atoms with van der Waals surface area (Å²) < 4.78 is 10.6. The van der Waals surface area contributed by atoms with Crippen molar-refractivity contribution in [1.82, 2.24) is 4.98 Å². The summed E-state index contributed by atoms with van der Waals surface area (Å²) in [6.07, 6.45) is 7.18. The number of nitrogens with zero attached hydrogens (tertiary/aromatic N) is 2. The molecule has 0 fully saturated rings. The molecular weight excluding hydrogens is 520 g/mol. The summed E-state index contributed by atoms with van der Waals surface area (Å²) in [5.74, 6) is 0.0975. The van der Waals surface area contributed by atoms with E-state index in [4.69, 9.17) is 9.47 Å². The zero-order valence-electron chi connectivity index (χ0n) is 23.8. The van der Waals surface area contributed by atoms with Crippen LogP contribution in [0, 0.1) is 18.4 Å². The summed E-state index contributed by atoms with van der Waals surface area (Å²) >= 11 is 0. The van der Waals surface area contributed by atoms with Crippen LogP contribution in [-0.4, -0.2) is 47.6 Å². The van der Waals surface area contributed by atoms with Gasteiger partial charge in [-0.05, 0) is 67.0 Å². The normalized spacial score (nSPS) is 14.9. The highest BCUT2D eigenvalue weighted by Crippen LogP contribution is 2.32. The Morgan fingerprint density at radius 3 is 2.15 bits per heavy atom. The molecule has 8 heteroatoms. The molecule has 2 heterocycles. The summed E-state index contributed by atoms with van der Waals surface area (Å²) in [6, 6.07) is 12.2. The molecule has 0 radical (unpaired) electrons. The summed E-state index contributed by atoms with van der Waals surface area (Å²) in [6.45, 7) is 3.90. The number of aliphatic hydroxyl groups is 1. The fourth-order valence-corrected chi connectivity index (χ4v) is 5.36. The highest BCUT2D eigenvalue weighted by molar-refractivity contribution is 5.87. The molecule has 216 valence electrons. The minimum absolute atomic E-state index is 0.0104. The molecule has 1 aliphatic rings. The second kappa shape index (κ2) is 13.9. The number of benzene rings is 2. The molecule has 1 aliphatic heterocycles. The second-order valence-electron chi connectivity index (χ2n) is 10.5. The Hall–Kier alpha value is -4.17. The van der Waals surface area contributed by atoms with Crippen molar-refractivity contribution in [3.8, 4) is 23.0 Å². The number of aliphatic hydroxyl groups excluding tert-OH is 1. The third kappa shape index (κ3) is 7.73. The second-order valence-corrected chi connectivity index (χ2v) is 10.5. The smallest absolute Gasteiger partial charge is 0.176 e. The van der Waals surface area contributed by atoms with Crippen LogP contribution in [0.5, 0.6) is 23.0 Å². The number of methoxy groups -OCH3 is 2. The predicted molar refractivity (Wildman–Crippen MR) is 158 cm³/mol. The van der Waals surface area contributed by atoms with Crippen molar-refractivity contribution in [3.63, 3.8) is 0 Å². The summed E-state index contributed by atoms with van der Waals surface area (Å²) in [4.78, 5) is 22.3. The topological polar surface area (TPSA) is 123 Å². The lowest BCUT2D eigenvalue weighted by atomic mass is 9.81. The number of allylic oxidation sites excluding steroid dienone is 1. The highest BCUT2D eigenvalue weighted by atomic mass is 16.5. The van der Waals surface area contributed by atoms with Crippen LogP contribution in [0.1, 0.15) is 42.9 Å². The molecule has 0 bridgehead atoms. The maximum absolute atomic E-state index is 13.9. The van der Waals surface area contributed by atoms with E-state index in [9.17, 15) is 20.1 Å². The van der Waals surface area contributed by atoms with Crippen molar-refractivity contribution in [1.29, 1.82) is 0 Å². The molecule has 0 amide bonds. The Morgan fingerprint density at radius 1 is 0.927 bits per heavy atom. The molecule has 8 nitrogen and oxygen atoms in total. The number of Topliss-reactive ketones (excluding diaryl/α,β-unsaturated/α-hetero) is 1. The van der Waals surface area contributed by atoms with E-state index in [0.717, 1.165) is 34.3 Å². The van der Waals surface area contributed by atoms with Crippen molar-refractivity contribution >= 4 is 12.0 Å². The van der Waals surface area contributed by atoms with Crippen LogP contribution in [0.15, 0.2) is 71.0 Å². The Bertz CT molecular complexity index is 1380. The van der Waals surface area contributed by atoms with Crippen molar-refractivity contribution in [2.75, 3.05) is 14.2 Å². The van der Waals surface area contributed by atoms with E-state index in [1.807, 2.05) is 18.8 Å². The number of rotatable bonds is 15. The van der Waals surface area contributed by atoms with Crippen LogP contribution in [-0.2, 0) is 24.1 Å². The van der Waals surface area contributed by atoms with E-state index in [-0.39, 0.29) is 29.6 Å². The highest BCUT2D eigenvalue weighted by Gasteiger charge is 2.31. The van der Waals surface area contributed by atoms with Crippen molar-refractivity contribution in [2.45, 2.75) is 51.6 Å². The number of aromatic hydroxyl groups is 2. The average molecular weight is 559 g/mol. The average Bonchev–Trinajstić information content (AvgIpc) is 3.66. The van der Waals surface area contributed by atoms with E-state index < -0.39 is 12.0 Å². The van der Waals surface area contributed by atoms with Crippen LogP contribution in [0.25, 0.3) is 0 Å². The van der Waals surface area contributed by atoms with Gasteiger partial charge in [-0.15, -0.1) is 4.99 Å². The van der Waals surface area contributed by atoms with Gasteiger partial charge in [0.15, 0.2) is 29.2 Å². The van der Waals surface area contributed by atoms with Crippen LogP contribution in [0.4, 0.5) is 0 Å². The number of aromatic nitrogens is 1. The maximum Gasteiger partial charge on any atom is 0.176 e. The van der Waals surface area contributed by atoms with Gasteiger partial charge in [0, 0.05) is 18.8 Å². The van der Waals surface area contributed by atoms with Crippen molar-refractivity contribution in [3.05, 3.63) is 89.2 Å². The number of carbonyl (C=O) groups is 1. The fourth-order valence-electron chi connectivity index (χ4n) is 5.36. The number of phenolic OH excluding ortho intramolecular Hbond substituents is 2. The minimum Gasteiger partial charge on any atom is -0.670 e. The van der Waals surface area contributed by atoms with E-state index in [1.54, 1.807) is 48.8 Å².